The van der Waals surface area contributed by atoms with Crippen LogP contribution < -0.4 is 4.84 Å². The lowest BCUT2D eigenvalue weighted by molar-refractivity contribution is -0.385. The number of oxime groups is 1. The van der Waals surface area contributed by atoms with Gasteiger partial charge in [0.05, 0.1) is 11.5 Å². The van der Waals surface area contributed by atoms with Gasteiger partial charge >= 0.3 is 13.4 Å². The minimum Gasteiger partial charge on any atom is -0.348 e. The van der Waals surface area contributed by atoms with Crippen LogP contribution in [0, 0.1) is 21.4 Å². The lowest BCUT2D eigenvalue weighted by Gasteiger charge is -2.19. The highest BCUT2D eigenvalue weighted by Crippen LogP contribution is 2.61. The molecule has 2 aromatic rings. The molecule has 0 atom stereocenters. The lowest BCUT2D eigenvalue weighted by Crippen LogP contribution is -2.08. The van der Waals surface area contributed by atoms with E-state index in [2.05, 4.69) is 5.16 Å². The topological polar surface area (TPSA) is 121 Å². The van der Waals surface area contributed by atoms with Gasteiger partial charge in [0.1, 0.15) is 6.07 Å². The first-order chi connectivity index (χ1) is 14.5. The molecule has 0 aromatic heterocycles. The third-order valence-electron chi connectivity index (χ3n) is 4.57. The quantitative estimate of drug-likeness (QED) is 0.197. The summed E-state index contributed by atoms with van der Waals surface area (Å²) in [6.07, 6.45) is 0. The Balaban J connectivity index is 1.54. The molecule has 0 bridgehead atoms. The van der Waals surface area contributed by atoms with Crippen LogP contribution >= 0.6 is 7.67 Å². The maximum absolute atomic E-state index is 13.0. The molecule has 0 spiro atoms. The molecule has 2 aliphatic heterocycles. The van der Waals surface area contributed by atoms with E-state index in [9.17, 15) is 19.9 Å². The Kier molecular flexibility index (Phi) is 5.61. The Labute approximate surface area is 172 Å². The molecule has 0 N–H and O–H groups in total. The third-order valence-corrected chi connectivity index (χ3v) is 7.27. The molecule has 2 heterocycles. The molecular weight excluding hydrogens is 409 g/mol. The van der Waals surface area contributed by atoms with Crippen LogP contribution in [0.1, 0.15) is 11.1 Å². The highest BCUT2D eigenvalue weighted by atomic mass is 31.2. The summed E-state index contributed by atoms with van der Waals surface area (Å²) in [5.74, 6) is -0.127. The van der Waals surface area contributed by atoms with Crippen molar-refractivity contribution in [2.75, 3.05) is 26.2 Å². The molecule has 2 fully saturated rings. The van der Waals surface area contributed by atoms with E-state index in [1.807, 2.05) is 6.07 Å². The second kappa shape index (κ2) is 8.34. The molecule has 0 saturated carbocycles. The van der Waals surface area contributed by atoms with Crippen LogP contribution in [-0.4, -0.2) is 46.2 Å². The zero-order valence-electron chi connectivity index (χ0n) is 15.9. The first-order valence-corrected chi connectivity index (χ1v) is 10.8. The van der Waals surface area contributed by atoms with Crippen LogP contribution in [0.3, 0.4) is 0 Å². The van der Waals surface area contributed by atoms with Crippen LogP contribution in [0.2, 0.25) is 0 Å². The summed E-state index contributed by atoms with van der Waals surface area (Å²) in [7, 11) is -3.01. The summed E-state index contributed by atoms with van der Waals surface area (Å²) in [5, 5.41) is 24.5. The van der Waals surface area contributed by atoms with Crippen molar-refractivity contribution in [2.45, 2.75) is 6.61 Å². The first kappa shape index (κ1) is 20.2. The van der Waals surface area contributed by atoms with Gasteiger partial charge in [0.2, 0.25) is 5.75 Å². The molecule has 30 heavy (non-hydrogen) atoms. The molecular formula is C19H18N5O5P. The normalized spacial score (nSPS) is 16.7. The maximum atomic E-state index is 13.0. The van der Waals surface area contributed by atoms with E-state index >= 15 is 0 Å². The van der Waals surface area contributed by atoms with Crippen molar-refractivity contribution in [1.29, 1.82) is 5.26 Å². The molecule has 11 heteroatoms. The van der Waals surface area contributed by atoms with Crippen molar-refractivity contribution in [3.05, 3.63) is 69.8 Å². The molecule has 154 valence electrons. The number of hydrogen-bond acceptors (Lipinski definition) is 7. The van der Waals surface area contributed by atoms with Gasteiger partial charge in [-0.2, -0.15) is 5.26 Å². The van der Waals surface area contributed by atoms with E-state index in [1.165, 1.54) is 18.2 Å². The first-order valence-electron chi connectivity index (χ1n) is 9.24. The molecule has 0 radical (unpaired) electrons. The number of benzene rings is 2. The summed E-state index contributed by atoms with van der Waals surface area (Å²) in [5.41, 5.74) is 0.764. The Morgan fingerprint density at radius 3 is 2.40 bits per heavy atom. The van der Waals surface area contributed by atoms with Crippen LogP contribution in [-0.2, 0) is 15.7 Å². The maximum Gasteiger partial charge on any atom is 0.346 e. The standard InChI is InChI=1S/C19H18N5O5P/c20-13-17(16-4-2-1-3-5-16)21-29-19-12-15(6-7-18(19)24(25)26)14-28-30(27,22-8-9-22)23-10-11-23/h1-7,12H,8-11,14H2/b21-17+. The van der Waals surface area contributed by atoms with Gasteiger partial charge in [-0.15, -0.1) is 0 Å². The van der Waals surface area contributed by atoms with Crippen LogP contribution in [0.4, 0.5) is 5.69 Å². The summed E-state index contributed by atoms with van der Waals surface area (Å²) in [4.78, 5) is 16.0. The zero-order valence-corrected chi connectivity index (χ0v) is 16.8. The second-order valence-electron chi connectivity index (χ2n) is 6.74. The summed E-state index contributed by atoms with van der Waals surface area (Å²) >= 11 is 0. The van der Waals surface area contributed by atoms with E-state index in [0.29, 0.717) is 11.1 Å². The average Bonchev–Trinajstić information content (AvgIpc) is 3.65. The number of nitrogens with zero attached hydrogens (tertiary/aromatic N) is 5. The van der Waals surface area contributed by atoms with Gasteiger partial charge in [-0.25, -0.2) is 9.34 Å². The Morgan fingerprint density at radius 2 is 1.83 bits per heavy atom. The smallest absolute Gasteiger partial charge is 0.346 e. The predicted octanol–water partition coefficient (Wildman–Crippen LogP) is 3.16. The molecule has 0 unspecified atom stereocenters. The van der Waals surface area contributed by atoms with Crippen molar-refractivity contribution >= 4 is 19.1 Å². The average molecular weight is 427 g/mol. The van der Waals surface area contributed by atoms with Gasteiger partial charge < -0.3 is 9.36 Å². The van der Waals surface area contributed by atoms with Crippen molar-refractivity contribution in [2.24, 2.45) is 5.16 Å². The molecule has 2 aliphatic rings. The fourth-order valence-electron chi connectivity index (χ4n) is 2.80. The van der Waals surface area contributed by atoms with Gasteiger partial charge in [-0.1, -0.05) is 35.5 Å². The fraction of sp³-hybridized carbons (Fsp3) is 0.263. The minimum absolute atomic E-state index is 0.00609. The zero-order chi connectivity index (χ0) is 21.1. The number of nitriles is 1. The van der Waals surface area contributed by atoms with Crippen LogP contribution in [0.5, 0.6) is 5.75 Å². The van der Waals surface area contributed by atoms with E-state index in [1.54, 1.807) is 39.7 Å². The summed E-state index contributed by atoms with van der Waals surface area (Å²) < 4.78 is 22.3. The van der Waals surface area contributed by atoms with Gasteiger partial charge in [0.15, 0.2) is 5.71 Å². The highest BCUT2D eigenvalue weighted by molar-refractivity contribution is 7.54. The molecule has 0 amide bonds. The molecule has 4 rings (SSSR count). The van der Waals surface area contributed by atoms with E-state index < -0.39 is 12.6 Å². The van der Waals surface area contributed by atoms with Crippen molar-refractivity contribution < 1.29 is 18.8 Å². The van der Waals surface area contributed by atoms with E-state index in [4.69, 9.17) is 9.36 Å². The number of nitro groups is 1. The largest absolute Gasteiger partial charge is 0.348 e. The third kappa shape index (κ3) is 4.40. The molecule has 0 aliphatic carbocycles. The van der Waals surface area contributed by atoms with E-state index in [0.717, 1.165) is 26.2 Å². The minimum atomic E-state index is -3.01. The molecule has 2 aromatic carbocycles. The number of nitro benzene ring substituents is 1. The van der Waals surface area contributed by atoms with Gasteiger partial charge in [0.25, 0.3) is 0 Å². The van der Waals surface area contributed by atoms with Crippen LogP contribution in [0.25, 0.3) is 0 Å². The fourth-order valence-corrected chi connectivity index (χ4v) is 4.99. The Morgan fingerprint density at radius 1 is 1.17 bits per heavy atom. The molecule has 2 saturated heterocycles. The number of hydrogen-bond donors (Lipinski definition) is 0. The summed E-state index contributed by atoms with van der Waals surface area (Å²) in [6.45, 7) is 2.92. The molecule has 10 nitrogen and oxygen atoms in total. The lowest BCUT2D eigenvalue weighted by atomic mass is 10.1. The Hall–Kier alpha value is -3.09. The Bertz CT molecular complexity index is 1060. The van der Waals surface area contributed by atoms with E-state index in [-0.39, 0.29) is 23.8 Å². The predicted molar refractivity (Wildman–Crippen MR) is 108 cm³/mol. The van der Waals surface area contributed by atoms with Gasteiger partial charge in [0, 0.05) is 37.8 Å². The second-order valence-corrected chi connectivity index (χ2v) is 9.11. The van der Waals surface area contributed by atoms with Crippen molar-refractivity contribution in [1.82, 2.24) is 9.34 Å². The highest BCUT2D eigenvalue weighted by Gasteiger charge is 2.49. The van der Waals surface area contributed by atoms with Crippen molar-refractivity contribution in [3.63, 3.8) is 0 Å². The van der Waals surface area contributed by atoms with Crippen LogP contribution in [0.15, 0.2) is 53.7 Å². The summed E-state index contributed by atoms with van der Waals surface area (Å²) in [6, 6.07) is 14.8. The van der Waals surface area contributed by atoms with Gasteiger partial charge in [-0.3, -0.25) is 14.7 Å². The SMILES string of the molecule is N#C/C(=N\Oc1cc(COP(=O)(N2CC2)N2CC2)ccc1[N+](=O)[O-])c1ccccc1. The number of rotatable bonds is 9. The van der Waals surface area contributed by atoms with Crippen molar-refractivity contribution in [3.8, 4) is 11.8 Å². The monoisotopic (exact) mass is 427 g/mol. The van der Waals surface area contributed by atoms with Gasteiger partial charge in [-0.05, 0) is 17.7 Å².